The summed E-state index contributed by atoms with van der Waals surface area (Å²) in [5.74, 6) is 0. The summed E-state index contributed by atoms with van der Waals surface area (Å²) in [7, 11) is -3.12. The number of epoxide rings is 1. The molecule has 0 spiro atoms. The average Bonchev–Trinajstić information content (AvgIpc) is 3.33. The van der Waals surface area contributed by atoms with Gasteiger partial charge in [0.15, 0.2) is 0 Å². The molecular weight excluding hydrogens is 344 g/mol. The van der Waals surface area contributed by atoms with E-state index in [-0.39, 0.29) is 0 Å². The van der Waals surface area contributed by atoms with Crippen LogP contribution in [0.4, 0.5) is 0 Å². The van der Waals surface area contributed by atoms with Gasteiger partial charge in [0.2, 0.25) is 0 Å². The van der Waals surface area contributed by atoms with Crippen LogP contribution in [0, 0.1) is 0 Å². The molecule has 24 heavy (non-hydrogen) atoms. The lowest BCUT2D eigenvalue weighted by molar-refractivity contribution is 0.113. The van der Waals surface area contributed by atoms with Crippen LogP contribution in [0.1, 0.15) is 34.1 Å². The van der Waals surface area contributed by atoms with Gasteiger partial charge in [-0.2, -0.15) is 0 Å². The minimum absolute atomic E-state index is 0.363. The molecule has 0 bridgehead atoms. The molecule has 1 saturated heterocycles. The zero-order valence-electron chi connectivity index (χ0n) is 16.5. The minimum Gasteiger partial charge on any atom is -0.397 e. The van der Waals surface area contributed by atoms with Crippen LogP contribution in [0.3, 0.4) is 0 Å². The summed E-state index contributed by atoms with van der Waals surface area (Å²) in [5.41, 5.74) is 0. The van der Waals surface area contributed by atoms with E-state index in [1.807, 2.05) is 34.2 Å². The zero-order valence-corrected chi connectivity index (χ0v) is 18.6. The summed E-state index contributed by atoms with van der Waals surface area (Å²) in [6.45, 7) is 17.6. The lowest BCUT2D eigenvalue weighted by Gasteiger charge is -2.25. The van der Waals surface area contributed by atoms with Crippen molar-refractivity contribution in [1.82, 2.24) is 0 Å². The first-order valence-electron chi connectivity index (χ1n) is 9.21. The highest BCUT2D eigenvalue weighted by atomic mass is 28.4. The molecule has 0 saturated carbocycles. The smallest absolute Gasteiger partial charge is 0.334 e. The number of hydrogen-bond acceptors (Lipinski definition) is 6. The van der Waals surface area contributed by atoms with Gasteiger partial charge in [0.05, 0.1) is 13.2 Å². The molecule has 1 atom stereocenters. The van der Waals surface area contributed by atoms with Crippen molar-refractivity contribution in [2.75, 3.05) is 46.2 Å². The number of rotatable bonds is 14. The van der Waals surface area contributed by atoms with E-state index < -0.39 is 17.8 Å². The summed E-state index contributed by atoms with van der Waals surface area (Å²) in [6, 6.07) is 1.00. The van der Waals surface area contributed by atoms with Gasteiger partial charge in [0.25, 0.3) is 0 Å². The Hall–Kier alpha value is 0.194. The number of ether oxygens (including phenoxy) is 2. The molecule has 0 aliphatic carbocycles. The van der Waals surface area contributed by atoms with Crippen LogP contribution in [0.15, 0.2) is 0 Å². The van der Waals surface area contributed by atoms with E-state index in [0.29, 0.717) is 6.10 Å². The molecule has 0 radical (unpaired) electrons. The standard InChI is InChI=1S/C11H24O4Si.C5H14O2Si/c1-4-14-16(3,15-5-2)8-6-7-12-9-11-10-13-11;1-4-6-8(3)7-5-2/h11H,4-10H2,1-3H3;8H,4-5H2,1-3H3. The maximum atomic E-state index is 5.75. The predicted octanol–water partition coefficient (Wildman–Crippen LogP) is 2.85. The summed E-state index contributed by atoms with van der Waals surface area (Å²) >= 11 is 0. The monoisotopic (exact) mass is 382 g/mol. The lowest BCUT2D eigenvalue weighted by Crippen LogP contribution is -2.38. The maximum Gasteiger partial charge on any atom is 0.334 e. The van der Waals surface area contributed by atoms with Crippen LogP contribution in [0.25, 0.3) is 0 Å². The van der Waals surface area contributed by atoms with Gasteiger partial charge in [-0.05, 0) is 53.3 Å². The Labute approximate surface area is 151 Å². The Bertz CT molecular complexity index is 267. The fourth-order valence-electron chi connectivity index (χ4n) is 2.19. The second-order valence-corrected chi connectivity index (χ2v) is 10.8. The topological polar surface area (TPSA) is 58.7 Å². The third-order valence-corrected chi connectivity index (χ3v) is 7.99. The van der Waals surface area contributed by atoms with Crippen molar-refractivity contribution in [3.63, 3.8) is 0 Å². The van der Waals surface area contributed by atoms with Gasteiger partial charge in [-0.1, -0.05) is 0 Å². The molecule has 0 aromatic rings. The molecule has 8 heteroatoms. The van der Waals surface area contributed by atoms with Crippen molar-refractivity contribution in [2.45, 2.75) is 59.4 Å². The van der Waals surface area contributed by atoms with E-state index in [9.17, 15) is 0 Å². The molecule has 1 rings (SSSR count). The Morgan fingerprint density at radius 2 is 1.54 bits per heavy atom. The molecule has 1 heterocycles. The van der Waals surface area contributed by atoms with E-state index in [2.05, 4.69) is 6.55 Å². The van der Waals surface area contributed by atoms with Crippen molar-refractivity contribution in [3.8, 4) is 0 Å². The third kappa shape index (κ3) is 14.5. The molecular formula is C16H38O6Si2. The second-order valence-electron chi connectivity index (χ2n) is 5.61. The summed E-state index contributed by atoms with van der Waals surface area (Å²) in [4.78, 5) is 0. The van der Waals surface area contributed by atoms with Crippen LogP contribution in [-0.2, 0) is 27.2 Å². The first-order chi connectivity index (χ1) is 11.5. The van der Waals surface area contributed by atoms with Gasteiger partial charge in [0, 0.05) is 33.0 Å². The Morgan fingerprint density at radius 3 is 1.96 bits per heavy atom. The Morgan fingerprint density at radius 1 is 1.00 bits per heavy atom. The van der Waals surface area contributed by atoms with E-state index in [4.69, 9.17) is 27.2 Å². The molecule has 146 valence electrons. The van der Waals surface area contributed by atoms with Crippen LogP contribution >= 0.6 is 0 Å². The van der Waals surface area contributed by atoms with E-state index >= 15 is 0 Å². The molecule has 1 fully saturated rings. The first-order valence-corrected chi connectivity index (χ1v) is 13.8. The van der Waals surface area contributed by atoms with Gasteiger partial charge in [0.1, 0.15) is 6.10 Å². The maximum absolute atomic E-state index is 5.75. The van der Waals surface area contributed by atoms with E-state index in [1.165, 1.54) is 0 Å². The van der Waals surface area contributed by atoms with Gasteiger partial charge in [-0.3, -0.25) is 0 Å². The lowest BCUT2D eigenvalue weighted by atomic mass is 10.5. The molecule has 1 unspecified atom stereocenters. The highest BCUT2D eigenvalue weighted by Gasteiger charge is 2.30. The van der Waals surface area contributed by atoms with Crippen molar-refractivity contribution in [3.05, 3.63) is 0 Å². The fourth-order valence-corrected chi connectivity index (χ4v) is 5.60. The highest BCUT2D eigenvalue weighted by molar-refractivity contribution is 6.66. The molecule has 6 nitrogen and oxygen atoms in total. The zero-order chi connectivity index (χ0) is 18.3. The Balaban J connectivity index is 0.000000561. The normalized spacial score (nSPS) is 16.9. The molecule has 1 aliphatic heterocycles. The predicted molar refractivity (Wildman–Crippen MR) is 101 cm³/mol. The molecule has 0 amide bonds. The van der Waals surface area contributed by atoms with Crippen molar-refractivity contribution in [2.24, 2.45) is 0 Å². The molecule has 0 N–H and O–H groups in total. The third-order valence-electron chi connectivity index (χ3n) is 3.33. The first kappa shape index (κ1) is 24.2. The quantitative estimate of drug-likeness (QED) is 0.262. The summed E-state index contributed by atoms with van der Waals surface area (Å²) < 4.78 is 32.5. The molecule has 0 aromatic carbocycles. The second kappa shape index (κ2) is 15.4. The van der Waals surface area contributed by atoms with Crippen molar-refractivity contribution in [1.29, 1.82) is 0 Å². The van der Waals surface area contributed by atoms with Crippen LogP contribution in [-0.4, -0.2) is 70.2 Å². The van der Waals surface area contributed by atoms with Crippen molar-refractivity contribution >= 4 is 17.8 Å². The van der Waals surface area contributed by atoms with Gasteiger partial charge < -0.3 is 27.2 Å². The summed E-state index contributed by atoms with van der Waals surface area (Å²) in [6.07, 6.45) is 1.37. The van der Waals surface area contributed by atoms with E-state index in [1.54, 1.807) is 0 Å². The highest BCUT2D eigenvalue weighted by Crippen LogP contribution is 2.16. The van der Waals surface area contributed by atoms with Crippen LogP contribution < -0.4 is 0 Å². The van der Waals surface area contributed by atoms with Gasteiger partial charge in [-0.25, -0.2) is 0 Å². The van der Waals surface area contributed by atoms with Crippen molar-refractivity contribution < 1.29 is 27.2 Å². The van der Waals surface area contributed by atoms with Crippen LogP contribution in [0.5, 0.6) is 0 Å². The molecule has 1 aliphatic rings. The number of hydrogen-bond donors (Lipinski definition) is 0. The summed E-state index contributed by atoms with van der Waals surface area (Å²) in [5, 5.41) is 0. The van der Waals surface area contributed by atoms with E-state index in [0.717, 1.165) is 58.7 Å². The van der Waals surface area contributed by atoms with Crippen LogP contribution in [0.2, 0.25) is 19.1 Å². The fraction of sp³-hybridized carbons (Fsp3) is 1.00. The SMILES string of the molecule is CCO[SiH](C)OCC.CCO[Si](C)(CCCOCC1CO1)OCC. The van der Waals surface area contributed by atoms with Gasteiger partial charge >= 0.3 is 17.8 Å². The molecule has 0 aromatic heterocycles. The average molecular weight is 383 g/mol. The largest absolute Gasteiger partial charge is 0.397 e. The van der Waals surface area contributed by atoms with Gasteiger partial charge in [-0.15, -0.1) is 0 Å². The Kier molecular flexibility index (Phi) is 15.6. The minimum atomic E-state index is -1.92.